The molecule has 0 aliphatic carbocycles. The molecule has 20 heavy (non-hydrogen) atoms. The van der Waals surface area contributed by atoms with E-state index >= 15 is 0 Å². The monoisotopic (exact) mass is 286 g/mol. The minimum atomic E-state index is -1.75. The van der Waals surface area contributed by atoms with Gasteiger partial charge in [0.2, 0.25) is 5.78 Å². The number of ether oxygens (including phenoxy) is 1. The summed E-state index contributed by atoms with van der Waals surface area (Å²) < 4.78 is 44.2. The van der Waals surface area contributed by atoms with Crippen LogP contribution in [0.1, 0.15) is 30.6 Å². The van der Waals surface area contributed by atoms with Gasteiger partial charge in [-0.1, -0.05) is 13.0 Å². The van der Waals surface area contributed by atoms with E-state index in [0.717, 1.165) is 6.07 Å². The number of carbonyl (C=O) groups excluding carboxylic acids is 2. The van der Waals surface area contributed by atoms with Crippen molar-refractivity contribution in [3.05, 3.63) is 46.8 Å². The van der Waals surface area contributed by atoms with Crippen molar-refractivity contribution in [1.29, 1.82) is 0 Å². The zero-order valence-electron chi connectivity index (χ0n) is 11.0. The summed E-state index contributed by atoms with van der Waals surface area (Å²) in [5.74, 6) is -6.75. The smallest absolute Gasteiger partial charge is 0.341 e. The van der Waals surface area contributed by atoms with Crippen LogP contribution in [0.3, 0.4) is 0 Å². The lowest BCUT2D eigenvalue weighted by atomic mass is 10.0. The van der Waals surface area contributed by atoms with Gasteiger partial charge in [-0.2, -0.15) is 0 Å². The van der Waals surface area contributed by atoms with Crippen molar-refractivity contribution < 1.29 is 27.5 Å². The van der Waals surface area contributed by atoms with E-state index in [1.807, 2.05) is 0 Å². The van der Waals surface area contributed by atoms with Gasteiger partial charge in [-0.15, -0.1) is 0 Å². The van der Waals surface area contributed by atoms with Crippen LogP contribution in [0, 0.1) is 17.5 Å². The number of hydrogen-bond donors (Lipinski definition) is 0. The van der Waals surface area contributed by atoms with Crippen LogP contribution >= 0.6 is 0 Å². The van der Waals surface area contributed by atoms with Crippen LogP contribution in [-0.4, -0.2) is 18.4 Å². The number of Topliss-reactive ketones (excluding diaryl/α,β-unsaturated/α-hetero) is 1. The largest absolute Gasteiger partial charge is 0.462 e. The van der Waals surface area contributed by atoms with E-state index < -0.39 is 40.3 Å². The Morgan fingerprint density at radius 1 is 1.15 bits per heavy atom. The van der Waals surface area contributed by atoms with E-state index in [4.69, 9.17) is 0 Å². The van der Waals surface area contributed by atoms with Crippen LogP contribution in [-0.2, 0) is 9.53 Å². The van der Waals surface area contributed by atoms with Gasteiger partial charge in [0.1, 0.15) is 5.57 Å². The standard InChI is InChI=1S/C14H13F3O3/c1-3-5-9(14(19)20-4-2)13(18)8-6-7-10(15)12(17)11(8)16/h5-7H,3-4H2,1-2H3. The summed E-state index contributed by atoms with van der Waals surface area (Å²) in [6.45, 7) is 3.24. The first kappa shape index (κ1) is 15.9. The summed E-state index contributed by atoms with van der Waals surface area (Å²) in [6.07, 6.45) is 1.58. The average Bonchev–Trinajstić information content (AvgIpc) is 2.42. The van der Waals surface area contributed by atoms with Crippen molar-refractivity contribution in [2.75, 3.05) is 6.61 Å². The Kier molecular flexibility index (Phi) is 5.49. The molecular weight excluding hydrogens is 273 g/mol. The van der Waals surface area contributed by atoms with Gasteiger partial charge in [0.25, 0.3) is 0 Å². The molecule has 0 atom stereocenters. The summed E-state index contributed by atoms with van der Waals surface area (Å²) in [6, 6.07) is 1.42. The average molecular weight is 286 g/mol. The summed E-state index contributed by atoms with van der Waals surface area (Å²) in [5, 5.41) is 0. The number of benzene rings is 1. The molecule has 1 aromatic rings. The van der Waals surface area contributed by atoms with Gasteiger partial charge in [-0.25, -0.2) is 18.0 Å². The Morgan fingerprint density at radius 2 is 1.80 bits per heavy atom. The van der Waals surface area contributed by atoms with Crippen molar-refractivity contribution >= 4 is 11.8 Å². The number of ketones is 1. The van der Waals surface area contributed by atoms with Crippen molar-refractivity contribution in [3.63, 3.8) is 0 Å². The van der Waals surface area contributed by atoms with E-state index in [0.29, 0.717) is 12.5 Å². The van der Waals surface area contributed by atoms with Gasteiger partial charge < -0.3 is 4.74 Å². The quantitative estimate of drug-likeness (QED) is 0.208. The van der Waals surface area contributed by atoms with Gasteiger partial charge in [-0.05, 0) is 25.5 Å². The highest BCUT2D eigenvalue weighted by Crippen LogP contribution is 2.19. The highest BCUT2D eigenvalue weighted by Gasteiger charge is 2.25. The first-order valence-corrected chi connectivity index (χ1v) is 5.99. The second kappa shape index (κ2) is 6.88. The first-order chi connectivity index (χ1) is 9.43. The Morgan fingerprint density at radius 3 is 2.35 bits per heavy atom. The van der Waals surface area contributed by atoms with Gasteiger partial charge in [0.15, 0.2) is 17.5 Å². The van der Waals surface area contributed by atoms with Crippen molar-refractivity contribution in [2.24, 2.45) is 0 Å². The lowest BCUT2D eigenvalue weighted by Gasteiger charge is -2.07. The topological polar surface area (TPSA) is 43.4 Å². The third kappa shape index (κ3) is 3.26. The second-order valence-corrected chi connectivity index (χ2v) is 3.80. The molecular formula is C14H13F3O3. The van der Waals surface area contributed by atoms with Crippen LogP contribution in [0.15, 0.2) is 23.8 Å². The molecule has 0 fully saturated rings. The SMILES string of the molecule is CCC=C(C(=O)OCC)C(=O)c1ccc(F)c(F)c1F. The van der Waals surface area contributed by atoms with E-state index in [2.05, 4.69) is 4.74 Å². The molecule has 0 heterocycles. The van der Waals surface area contributed by atoms with Gasteiger partial charge in [-0.3, -0.25) is 4.79 Å². The van der Waals surface area contributed by atoms with Gasteiger partial charge in [0.05, 0.1) is 12.2 Å². The Hall–Kier alpha value is -2.11. The Balaban J connectivity index is 3.24. The van der Waals surface area contributed by atoms with Crippen LogP contribution in [0.4, 0.5) is 13.2 Å². The number of esters is 1. The maximum Gasteiger partial charge on any atom is 0.341 e. The molecule has 1 rings (SSSR count). The fraction of sp³-hybridized carbons (Fsp3) is 0.286. The molecule has 6 heteroatoms. The summed E-state index contributed by atoms with van der Waals surface area (Å²) in [4.78, 5) is 23.6. The van der Waals surface area contributed by atoms with Crippen molar-refractivity contribution in [3.8, 4) is 0 Å². The molecule has 0 spiro atoms. The predicted molar refractivity (Wildman–Crippen MR) is 65.7 cm³/mol. The zero-order valence-corrected chi connectivity index (χ0v) is 11.0. The molecule has 0 aliphatic heterocycles. The molecule has 0 radical (unpaired) electrons. The van der Waals surface area contributed by atoms with E-state index in [1.165, 1.54) is 6.08 Å². The first-order valence-electron chi connectivity index (χ1n) is 5.99. The van der Waals surface area contributed by atoms with Crippen molar-refractivity contribution in [2.45, 2.75) is 20.3 Å². The maximum absolute atomic E-state index is 13.5. The summed E-state index contributed by atoms with van der Waals surface area (Å²) in [5.41, 5.74) is -1.11. The molecule has 0 amide bonds. The molecule has 0 aliphatic rings. The zero-order chi connectivity index (χ0) is 15.3. The molecule has 3 nitrogen and oxygen atoms in total. The molecule has 0 saturated carbocycles. The number of hydrogen-bond acceptors (Lipinski definition) is 3. The molecule has 1 aromatic carbocycles. The fourth-order valence-electron chi connectivity index (χ4n) is 1.53. The number of carbonyl (C=O) groups is 2. The van der Waals surface area contributed by atoms with Gasteiger partial charge in [0, 0.05) is 0 Å². The number of rotatable bonds is 5. The molecule has 0 aromatic heterocycles. The lowest BCUT2D eigenvalue weighted by molar-refractivity contribution is -0.138. The van der Waals surface area contributed by atoms with Crippen LogP contribution in [0.5, 0.6) is 0 Å². The van der Waals surface area contributed by atoms with Gasteiger partial charge >= 0.3 is 5.97 Å². The molecule has 108 valence electrons. The third-order valence-corrected chi connectivity index (χ3v) is 2.43. The maximum atomic E-state index is 13.5. The molecule has 0 unspecified atom stereocenters. The molecule has 0 N–H and O–H groups in total. The van der Waals surface area contributed by atoms with E-state index in [-0.39, 0.29) is 6.61 Å². The van der Waals surface area contributed by atoms with Crippen LogP contribution in [0.25, 0.3) is 0 Å². The van der Waals surface area contributed by atoms with E-state index in [9.17, 15) is 22.8 Å². The minimum Gasteiger partial charge on any atom is -0.462 e. The minimum absolute atomic E-state index is 0.0351. The summed E-state index contributed by atoms with van der Waals surface area (Å²) >= 11 is 0. The highest BCUT2D eigenvalue weighted by atomic mass is 19.2. The van der Waals surface area contributed by atoms with Crippen LogP contribution in [0.2, 0.25) is 0 Å². The normalized spacial score (nSPS) is 11.3. The third-order valence-electron chi connectivity index (χ3n) is 2.43. The lowest BCUT2D eigenvalue weighted by Crippen LogP contribution is -2.18. The molecule has 0 saturated heterocycles. The predicted octanol–water partition coefficient (Wildman–Crippen LogP) is 3.19. The van der Waals surface area contributed by atoms with E-state index in [1.54, 1.807) is 13.8 Å². The fourth-order valence-corrected chi connectivity index (χ4v) is 1.53. The summed E-state index contributed by atoms with van der Waals surface area (Å²) in [7, 11) is 0. The number of halogens is 3. The Bertz CT molecular complexity index is 565. The van der Waals surface area contributed by atoms with Crippen molar-refractivity contribution in [1.82, 2.24) is 0 Å². The second-order valence-electron chi connectivity index (χ2n) is 3.80. The highest BCUT2D eigenvalue weighted by molar-refractivity contribution is 6.24. The number of allylic oxidation sites excluding steroid dienone is 1. The van der Waals surface area contributed by atoms with Crippen LogP contribution < -0.4 is 0 Å². The Labute approximate surface area is 114 Å². The molecule has 0 bridgehead atoms.